The van der Waals surface area contributed by atoms with Crippen LogP contribution in [0.15, 0.2) is 0 Å². The first-order valence-corrected chi connectivity index (χ1v) is 11.4. The predicted octanol–water partition coefficient (Wildman–Crippen LogP) is 1.64. The van der Waals surface area contributed by atoms with Gasteiger partial charge in [-0.15, -0.1) is 0 Å². The van der Waals surface area contributed by atoms with Crippen molar-refractivity contribution in [2.24, 2.45) is 5.92 Å². The molecule has 0 aromatic heterocycles. The fourth-order valence-electron chi connectivity index (χ4n) is 4.11. The number of nitrogens with zero attached hydrogens (tertiary/aromatic N) is 1. The third-order valence-electron chi connectivity index (χ3n) is 5.46. The third-order valence-corrected chi connectivity index (χ3v) is 7.79. The van der Waals surface area contributed by atoms with Crippen molar-refractivity contribution in [2.45, 2.75) is 82.9 Å². The molecule has 2 rings (SSSR count). The minimum atomic E-state index is -3.27. The molecule has 0 aromatic carbocycles. The van der Waals surface area contributed by atoms with E-state index in [0.29, 0.717) is 25.8 Å². The normalized spacial score (nSPS) is 29.6. The molecule has 2 N–H and O–H groups in total. The summed E-state index contributed by atoms with van der Waals surface area (Å²) < 4.78 is 31.0. The van der Waals surface area contributed by atoms with Gasteiger partial charge in [0.15, 0.2) is 9.84 Å². The molecular weight excluding hydrogens is 372 g/mol. The van der Waals surface area contributed by atoms with E-state index in [2.05, 4.69) is 5.32 Å². The average molecular weight is 405 g/mol. The molecule has 156 valence electrons. The van der Waals surface area contributed by atoms with E-state index in [4.69, 9.17) is 9.84 Å². The molecule has 2 amide bonds. The lowest BCUT2D eigenvalue weighted by molar-refractivity contribution is -0.134. The van der Waals surface area contributed by atoms with E-state index in [1.807, 2.05) is 13.8 Å². The highest BCUT2D eigenvalue weighted by atomic mass is 32.2. The Bertz CT molecular complexity index is 648. The first kappa shape index (κ1) is 21.9. The summed E-state index contributed by atoms with van der Waals surface area (Å²) in [5.41, 5.74) is 0. The summed E-state index contributed by atoms with van der Waals surface area (Å²) in [7, 11) is -3.27. The van der Waals surface area contributed by atoms with Gasteiger partial charge in [0.2, 0.25) is 5.91 Å². The minimum Gasteiger partial charge on any atom is -0.465 e. The SMILES string of the molecule is CC(C)O[C@@H]1CC[C@H](N2CC[C@H](NC(=O)O)C2=O)[C@H](CS(=O)(=O)C(C)C)C1. The Hall–Kier alpha value is -1.35. The van der Waals surface area contributed by atoms with Crippen molar-refractivity contribution in [1.82, 2.24) is 10.2 Å². The number of ether oxygens (including phenoxy) is 1. The van der Waals surface area contributed by atoms with E-state index in [-0.39, 0.29) is 35.8 Å². The van der Waals surface area contributed by atoms with Crippen molar-refractivity contribution in [3.63, 3.8) is 0 Å². The number of likely N-dealkylation sites (tertiary alicyclic amines) is 1. The van der Waals surface area contributed by atoms with Gasteiger partial charge in [0, 0.05) is 12.6 Å². The summed E-state index contributed by atoms with van der Waals surface area (Å²) >= 11 is 0. The zero-order valence-electron chi connectivity index (χ0n) is 16.6. The molecule has 2 fully saturated rings. The Labute approximate surface area is 161 Å². The molecule has 0 spiro atoms. The highest BCUT2D eigenvalue weighted by Gasteiger charge is 2.43. The summed E-state index contributed by atoms with van der Waals surface area (Å²) in [6, 6.07) is -0.937. The largest absolute Gasteiger partial charge is 0.465 e. The van der Waals surface area contributed by atoms with Gasteiger partial charge in [0.25, 0.3) is 0 Å². The van der Waals surface area contributed by atoms with E-state index >= 15 is 0 Å². The smallest absolute Gasteiger partial charge is 0.405 e. The van der Waals surface area contributed by atoms with Crippen molar-refractivity contribution in [3.8, 4) is 0 Å². The number of carbonyl (C=O) groups is 2. The molecule has 1 aliphatic heterocycles. The Morgan fingerprint density at radius 1 is 1.26 bits per heavy atom. The number of hydrogen-bond donors (Lipinski definition) is 2. The number of nitrogens with one attached hydrogen (secondary N) is 1. The number of rotatable bonds is 7. The lowest BCUT2D eigenvalue weighted by atomic mass is 9.83. The zero-order chi connectivity index (χ0) is 20.4. The predicted molar refractivity (Wildman–Crippen MR) is 101 cm³/mol. The van der Waals surface area contributed by atoms with Crippen LogP contribution in [0, 0.1) is 5.92 Å². The fourth-order valence-corrected chi connectivity index (χ4v) is 5.45. The van der Waals surface area contributed by atoms with Crippen LogP contribution in [-0.2, 0) is 19.4 Å². The van der Waals surface area contributed by atoms with E-state index < -0.39 is 27.2 Å². The van der Waals surface area contributed by atoms with Gasteiger partial charge in [0.1, 0.15) is 6.04 Å². The van der Waals surface area contributed by atoms with E-state index in [9.17, 15) is 18.0 Å². The summed E-state index contributed by atoms with van der Waals surface area (Å²) in [6.45, 7) is 7.70. The first-order chi connectivity index (χ1) is 12.5. The van der Waals surface area contributed by atoms with Gasteiger partial charge in [-0.3, -0.25) is 4.79 Å². The molecule has 27 heavy (non-hydrogen) atoms. The molecule has 1 aliphatic carbocycles. The minimum absolute atomic E-state index is 0.0146. The van der Waals surface area contributed by atoms with Crippen molar-refractivity contribution < 1.29 is 27.9 Å². The summed E-state index contributed by atoms with van der Waals surface area (Å²) in [5, 5.41) is 10.7. The van der Waals surface area contributed by atoms with Gasteiger partial charge in [-0.05, 0) is 59.3 Å². The van der Waals surface area contributed by atoms with Crippen LogP contribution >= 0.6 is 0 Å². The number of amides is 2. The maximum atomic E-state index is 12.7. The molecule has 0 bridgehead atoms. The average Bonchev–Trinajstić information content (AvgIpc) is 2.87. The Morgan fingerprint density at radius 2 is 1.93 bits per heavy atom. The maximum absolute atomic E-state index is 12.7. The number of sulfone groups is 1. The van der Waals surface area contributed by atoms with Crippen molar-refractivity contribution >= 4 is 21.8 Å². The molecular formula is C18H32N2O6S. The second-order valence-electron chi connectivity index (χ2n) is 8.15. The molecule has 0 radical (unpaired) electrons. The topological polar surface area (TPSA) is 113 Å². The highest BCUT2D eigenvalue weighted by Crippen LogP contribution is 2.34. The summed E-state index contributed by atoms with van der Waals surface area (Å²) in [4.78, 5) is 25.2. The van der Waals surface area contributed by atoms with Crippen LogP contribution in [-0.4, -0.2) is 72.3 Å². The molecule has 0 unspecified atom stereocenters. The molecule has 1 heterocycles. The molecule has 9 heteroatoms. The maximum Gasteiger partial charge on any atom is 0.405 e. The van der Waals surface area contributed by atoms with Crippen molar-refractivity contribution in [3.05, 3.63) is 0 Å². The molecule has 8 nitrogen and oxygen atoms in total. The van der Waals surface area contributed by atoms with Crippen LogP contribution in [0.25, 0.3) is 0 Å². The van der Waals surface area contributed by atoms with E-state index in [1.54, 1.807) is 18.7 Å². The van der Waals surface area contributed by atoms with Crippen molar-refractivity contribution in [1.29, 1.82) is 0 Å². The quantitative estimate of drug-likeness (QED) is 0.667. The van der Waals surface area contributed by atoms with Crippen molar-refractivity contribution in [2.75, 3.05) is 12.3 Å². The molecule has 1 saturated heterocycles. The Morgan fingerprint density at radius 3 is 2.48 bits per heavy atom. The van der Waals surface area contributed by atoms with Gasteiger partial charge in [-0.1, -0.05) is 0 Å². The molecule has 1 saturated carbocycles. The zero-order valence-corrected chi connectivity index (χ0v) is 17.4. The van der Waals surface area contributed by atoms with E-state index in [0.717, 1.165) is 6.42 Å². The second-order valence-corrected chi connectivity index (χ2v) is 10.7. The lowest BCUT2D eigenvalue weighted by Crippen LogP contribution is -2.51. The van der Waals surface area contributed by atoms with Gasteiger partial charge in [0.05, 0.1) is 23.2 Å². The number of carboxylic acid groups (broad SMARTS) is 1. The summed E-state index contributed by atoms with van der Waals surface area (Å²) in [6.07, 6.45) is 1.27. The summed E-state index contributed by atoms with van der Waals surface area (Å²) in [5.74, 6) is -0.436. The van der Waals surface area contributed by atoms with Gasteiger partial charge in [-0.2, -0.15) is 0 Å². The number of carbonyl (C=O) groups excluding carboxylic acids is 1. The number of hydrogen-bond acceptors (Lipinski definition) is 5. The van der Waals surface area contributed by atoms with Crippen LogP contribution in [0.2, 0.25) is 0 Å². The lowest BCUT2D eigenvalue weighted by Gasteiger charge is -2.41. The second kappa shape index (κ2) is 8.77. The standard InChI is InChI=1S/C18H32N2O6S/c1-11(2)26-14-5-6-16(13(9-14)10-27(24,25)12(3)4)20-8-7-15(17(20)21)19-18(22)23/h11-16,19H,5-10H2,1-4H3,(H,22,23)/t13-,14+,15-,16-/m0/s1. The first-order valence-electron chi connectivity index (χ1n) is 9.68. The van der Waals surface area contributed by atoms with Gasteiger partial charge < -0.3 is 20.1 Å². The van der Waals surface area contributed by atoms with Crippen LogP contribution < -0.4 is 5.32 Å². The monoisotopic (exact) mass is 404 g/mol. The molecule has 2 aliphatic rings. The third kappa shape index (κ3) is 5.57. The van der Waals surface area contributed by atoms with Crippen LogP contribution in [0.1, 0.15) is 53.4 Å². The Kier molecular flexibility index (Phi) is 7.13. The van der Waals surface area contributed by atoms with Crippen LogP contribution in [0.4, 0.5) is 4.79 Å². The fraction of sp³-hybridized carbons (Fsp3) is 0.889. The molecule has 4 atom stereocenters. The van der Waals surface area contributed by atoms with Crippen LogP contribution in [0.5, 0.6) is 0 Å². The van der Waals surface area contributed by atoms with Crippen LogP contribution in [0.3, 0.4) is 0 Å². The van der Waals surface area contributed by atoms with Gasteiger partial charge >= 0.3 is 6.09 Å². The van der Waals surface area contributed by atoms with Gasteiger partial charge in [-0.25, -0.2) is 13.2 Å². The molecule has 0 aromatic rings. The Balaban J connectivity index is 2.17. The van der Waals surface area contributed by atoms with E-state index in [1.165, 1.54) is 0 Å². The highest BCUT2D eigenvalue weighted by molar-refractivity contribution is 7.91.